The third-order valence-electron chi connectivity index (χ3n) is 4.38. The van der Waals surface area contributed by atoms with Gasteiger partial charge in [0.15, 0.2) is 0 Å². The molecule has 3 rings (SSSR count). The molecular weight excluding hydrogens is 302 g/mol. The topological polar surface area (TPSA) is 32.3 Å². The molecule has 1 saturated carbocycles. The third-order valence-corrected chi connectivity index (χ3v) is 6.09. The zero-order valence-electron chi connectivity index (χ0n) is 12.2. The summed E-state index contributed by atoms with van der Waals surface area (Å²) in [5, 5.41) is 16.1. The van der Waals surface area contributed by atoms with Gasteiger partial charge in [-0.2, -0.15) is 0 Å². The molecule has 2 N–H and O–H groups in total. The highest BCUT2D eigenvalue weighted by molar-refractivity contribution is 7.19. The van der Waals surface area contributed by atoms with E-state index in [9.17, 15) is 5.11 Å². The quantitative estimate of drug-likeness (QED) is 0.797. The molecule has 1 aromatic heterocycles. The molecule has 1 aliphatic carbocycles. The van der Waals surface area contributed by atoms with Gasteiger partial charge in [-0.05, 0) is 18.9 Å². The minimum Gasteiger partial charge on any atom is -0.389 e. The van der Waals surface area contributed by atoms with Gasteiger partial charge >= 0.3 is 0 Å². The molecule has 4 heteroatoms. The Morgan fingerprint density at radius 1 is 1.14 bits per heavy atom. The van der Waals surface area contributed by atoms with Crippen molar-refractivity contribution in [3.05, 3.63) is 34.2 Å². The van der Waals surface area contributed by atoms with Crippen molar-refractivity contribution in [2.24, 2.45) is 0 Å². The monoisotopic (exact) mass is 323 g/mol. The molecule has 0 bridgehead atoms. The average Bonchev–Trinajstić information content (AvgIpc) is 2.66. The second-order valence-corrected chi connectivity index (χ2v) is 7.59. The van der Waals surface area contributed by atoms with E-state index in [0.29, 0.717) is 6.54 Å². The van der Waals surface area contributed by atoms with Crippen LogP contribution in [0, 0.1) is 0 Å². The summed E-state index contributed by atoms with van der Waals surface area (Å²) in [6.45, 7) is 1.40. The molecule has 0 amide bonds. The average molecular weight is 324 g/mol. The molecule has 2 aromatic rings. The van der Waals surface area contributed by atoms with Gasteiger partial charge in [-0.1, -0.05) is 55.5 Å². The highest BCUT2D eigenvalue weighted by atomic mass is 35.5. The molecule has 2 nitrogen and oxygen atoms in total. The van der Waals surface area contributed by atoms with Crippen LogP contribution in [0.5, 0.6) is 0 Å². The van der Waals surface area contributed by atoms with Crippen molar-refractivity contribution in [2.75, 3.05) is 6.54 Å². The van der Waals surface area contributed by atoms with Gasteiger partial charge in [0.05, 0.1) is 10.6 Å². The van der Waals surface area contributed by atoms with Gasteiger partial charge < -0.3 is 10.4 Å². The second kappa shape index (κ2) is 6.66. The van der Waals surface area contributed by atoms with Crippen LogP contribution in [0.15, 0.2) is 24.3 Å². The van der Waals surface area contributed by atoms with Gasteiger partial charge in [-0.3, -0.25) is 0 Å². The smallest absolute Gasteiger partial charge is 0.0771 e. The molecule has 0 spiro atoms. The number of rotatable bonds is 4. The molecule has 1 aliphatic rings. The Morgan fingerprint density at radius 3 is 2.57 bits per heavy atom. The first-order chi connectivity index (χ1) is 10.2. The van der Waals surface area contributed by atoms with Crippen LogP contribution in [0.3, 0.4) is 0 Å². The first-order valence-electron chi connectivity index (χ1n) is 7.77. The van der Waals surface area contributed by atoms with Crippen LogP contribution >= 0.6 is 22.9 Å². The first kappa shape index (κ1) is 15.3. The Kier molecular flexibility index (Phi) is 4.85. The maximum absolute atomic E-state index is 10.6. The zero-order valence-corrected chi connectivity index (χ0v) is 13.8. The van der Waals surface area contributed by atoms with Crippen LogP contribution < -0.4 is 5.32 Å². The fraction of sp³-hybridized carbons (Fsp3) is 0.529. The summed E-state index contributed by atoms with van der Waals surface area (Å²) in [5.41, 5.74) is -0.528. The summed E-state index contributed by atoms with van der Waals surface area (Å²) < 4.78 is 1.23. The number of nitrogens with one attached hydrogen (secondary N) is 1. The van der Waals surface area contributed by atoms with Crippen molar-refractivity contribution in [2.45, 2.75) is 50.7 Å². The van der Waals surface area contributed by atoms with E-state index < -0.39 is 5.60 Å². The van der Waals surface area contributed by atoms with E-state index in [0.717, 1.165) is 47.5 Å². The van der Waals surface area contributed by atoms with Gasteiger partial charge in [-0.25, -0.2) is 0 Å². The van der Waals surface area contributed by atoms with Gasteiger partial charge in [0, 0.05) is 28.1 Å². The Labute approximate surface area is 135 Å². The number of thiophene rings is 1. The Balaban J connectivity index is 1.62. The van der Waals surface area contributed by atoms with Crippen molar-refractivity contribution in [3.63, 3.8) is 0 Å². The van der Waals surface area contributed by atoms with E-state index >= 15 is 0 Å². The van der Waals surface area contributed by atoms with E-state index in [1.165, 1.54) is 17.5 Å². The number of hydrogen-bond donors (Lipinski definition) is 2. The van der Waals surface area contributed by atoms with Gasteiger partial charge in [0.1, 0.15) is 0 Å². The number of benzene rings is 1. The molecule has 0 atom stereocenters. The van der Waals surface area contributed by atoms with Crippen LogP contribution in [-0.2, 0) is 6.54 Å². The summed E-state index contributed by atoms with van der Waals surface area (Å²) in [4.78, 5) is 1.16. The molecule has 0 radical (unpaired) electrons. The highest BCUT2D eigenvalue weighted by Gasteiger charge is 2.27. The Hall–Kier alpha value is -0.610. The Bertz CT molecular complexity index is 602. The molecule has 0 aliphatic heterocycles. The molecule has 0 saturated heterocycles. The predicted octanol–water partition coefficient (Wildman–Crippen LogP) is 4.73. The van der Waals surface area contributed by atoms with Gasteiger partial charge in [0.25, 0.3) is 0 Å². The number of halogens is 1. The first-order valence-corrected chi connectivity index (χ1v) is 8.96. The number of hydrogen-bond acceptors (Lipinski definition) is 3. The van der Waals surface area contributed by atoms with Crippen molar-refractivity contribution in [3.8, 4) is 0 Å². The Morgan fingerprint density at radius 2 is 1.86 bits per heavy atom. The molecule has 1 aromatic carbocycles. The van der Waals surface area contributed by atoms with E-state index in [1.807, 2.05) is 12.1 Å². The van der Waals surface area contributed by atoms with Crippen molar-refractivity contribution >= 4 is 33.0 Å². The van der Waals surface area contributed by atoms with Crippen molar-refractivity contribution < 1.29 is 5.11 Å². The largest absolute Gasteiger partial charge is 0.389 e. The highest BCUT2D eigenvalue weighted by Crippen LogP contribution is 2.35. The second-order valence-electron chi connectivity index (χ2n) is 6.08. The lowest BCUT2D eigenvalue weighted by atomic mass is 9.94. The molecule has 0 unspecified atom stereocenters. The lowest BCUT2D eigenvalue weighted by Gasteiger charge is -2.26. The predicted molar refractivity (Wildman–Crippen MR) is 91.2 cm³/mol. The summed E-state index contributed by atoms with van der Waals surface area (Å²) in [6.07, 6.45) is 6.62. The van der Waals surface area contributed by atoms with Crippen molar-refractivity contribution in [1.29, 1.82) is 0 Å². The van der Waals surface area contributed by atoms with Crippen LogP contribution in [0.1, 0.15) is 43.4 Å². The molecule has 21 heavy (non-hydrogen) atoms. The summed E-state index contributed by atoms with van der Waals surface area (Å²) in [7, 11) is 0. The van der Waals surface area contributed by atoms with Crippen LogP contribution in [0.25, 0.3) is 10.1 Å². The van der Waals surface area contributed by atoms with Gasteiger partial charge in [0.2, 0.25) is 0 Å². The maximum Gasteiger partial charge on any atom is 0.0771 e. The fourth-order valence-electron chi connectivity index (χ4n) is 3.15. The van der Waals surface area contributed by atoms with Crippen molar-refractivity contribution in [1.82, 2.24) is 5.32 Å². The summed E-state index contributed by atoms with van der Waals surface area (Å²) >= 11 is 8.18. The van der Waals surface area contributed by atoms with Crippen LogP contribution in [0.4, 0.5) is 0 Å². The summed E-state index contributed by atoms with van der Waals surface area (Å²) in [6, 6.07) is 8.23. The third kappa shape index (κ3) is 3.59. The minimum atomic E-state index is -0.528. The van der Waals surface area contributed by atoms with Gasteiger partial charge in [-0.15, -0.1) is 11.3 Å². The number of aliphatic hydroxyl groups is 1. The fourth-order valence-corrected chi connectivity index (χ4v) is 4.62. The minimum absolute atomic E-state index is 0.528. The lowest BCUT2D eigenvalue weighted by molar-refractivity contribution is 0.0251. The standard InChI is InChI=1S/C17H22ClNOS/c18-16-13-7-3-4-8-14(13)21-15(16)11-19-12-17(20)9-5-1-2-6-10-17/h3-4,7-8,19-20H,1-2,5-6,9-12H2. The molecule has 1 heterocycles. The van der Waals surface area contributed by atoms with Crippen LogP contribution in [0.2, 0.25) is 5.02 Å². The lowest BCUT2D eigenvalue weighted by Crippen LogP contribution is -2.39. The van der Waals surface area contributed by atoms with E-state index in [1.54, 1.807) is 11.3 Å². The van der Waals surface area contributed by atoms with E-state index in [-0.39, 0.29) is 0 Å². The normalized spacial score (nSPS) is 18.8. The van der Waals surface area contributed by atoms with Crippen LogP contribution in [-0.4, -0.2) is 17.3 Å². The maximum atomic E-state index is 10.6. The number of fused-ring (bicyclic) bond motifs is 1. The zero-order chi connectivity index (χ0) is 14.7. The SMILES string of the molecule is OC1(CNCc2sc3ccccc3c2Cl)CCCCCC1. The molecule has 1 fully saturated rings. The molecule has 114 valence electrons. The van der Waals surface area contributed by atoms with E-state index in [2.05, 4.69) is 17.4 Å². The molecular formula is C17H22ClNOS. The van der Waals surface area contributed by atoms with E-state index in [4.69, 9.17) is 11.6 Å². The summed E-state index contributed by atoms with van der Waals surface area (Å²) in [5.74, 6) is 0.